The molecule has 0 aliphatic rings. The third-order valence-corrected chi connectivity index (χ3v) is 4.21. The van der Waals surface area contributed by atoms with Crippen LogP contribution in [0.5, 0.6) is 23.0 Å². The average Bonchev–Trinajstić information content (AvgIpc) is 2.71. The fraction of sp³-hybridized carbons (Fsp3) is 0.350. The smallest absolute Gasteiger partial charge is 0.191 e. The first-order valence-corrected chi connectivity index (χ1v) is 8.57. The first-order valence-electron chi connectivity index (χ1n) is 8.57. The minimum Gasteiger partial charge on any atom is -0.508 e. The van der Waals surface area contributed by atoms with Crippen molar-refractivity contribution >= 4 is 29.9 Å². The number of rotatable bonds is 7. The van der Waals surface area contributed by atoms with E-state index in [1.165, 1.54) is 0 Å². The standard InChI is InChI=1S/C20H27N3O4.HI/c1-13(17-11-16(26-4)7-9-19(17)27-5)23-20(21-2)22-12-14-10-15(25-3)6-8-18(14)24;/h6-11,13,24H,12H2,1-5H3,(H2,21,22,23);1H. The molecule has 154 valence electrons. The lowest BCUT2D eigenvalue weighted by Crippen LogP contribution is -2.38. The zero-order valence-electron chi connectivity index (χ0n) is 16.8. The van der Waals surface area contributed by atoms with Crippen LogP contribution in [0.2, 0.25) is 0 Å². The molecule has 0 heterocycles. The molecule has 0 radical (unpaired) electrons. The second-order valence-electron chi connectivity index (χ2n) is 5.89. The van der Waals surface area contributed by atoms with Crippen LogP contribution < -0.4 is 24.8 Å². The van der Waals surface area contributed by atoms with Crippen LogP contribution >= 0.6 is 24.0 Å². The van der Waals surface area contributed by atoms with Gasteiger partial charge in [-0.15, -0.1) is 24.0 Å². The van der Waals surface area contributed by atoms with Crippen molar-refractivity contribution in [2.24, 2.45) is 4.99 Å². The van der Waals surface area contributed by atoms with E-state index in [1.54, 1.807) is 46.6 Å². The first kappa shape index (κ1) is 23.7. The number of aliphatic imine (C=N–C) groups is 1. The van der Waals surface area contributed by atoms with Crippen LogP contribution in [-0.4, -0.2) is 39.4 Å². The van der Waals surface area contributed by atoms with E-state index in [0.717, 1.165) is 17.1 Å². The van der Waals surface area contributed by atoms with Crippen molar-refractivity contribution in [1.82, 2.24) is 10.6 Å². The molecule has 0 bridgehead atoms. The summed E-state index contributed by atoms with van der Waals surface area (Å²) in [6.45, 7) is 2.40. The SMILES string of the molecule is CN=C(NCc1cc(OC)ccc1O)NC(C)c1cc(OC)ccc1OC.I. The Labute approximate surface area is 183 Å². The molecule has 0 aliphatic carbocycles. The molecule has 0 amide bonds. The highest BCUT2D eigenvalue weighted by Gasteiger charge is 2.14. The van der Waals surface area contributed by atoms with Gasteiger partial charge in [-0.3, -0.25) is 4.99 Å². The quantitative estimate of drug-likeness (QED) is 0.306. The molecule has 0 saturated carbocycles. The van der Waals surface area contributed by atoms with Crippen molar-refractivity contribution in [2.45, 2.75) is 19.5 Å². The molecule has 0 fully saturated rings. The predicted octanol–water partition coefficient (Wildman–Crippen LogP) is 3.46. The number of hydrogen-bond acceptors (Lipinski definition) is 5. The number of nitrogens with zero attached hydrogens (tertiary/aromatic N) is 1. The van der Waals surface area contributed by atoms with Crippen molar-refractivity contribution in [2.75, 3.05) is 28.4 Å². The maximum atomic E-state index is 10.0. The third kappa shape index (κ3) is 6.08. The second kappa shape index (κ2) is 11.5. The Hall–Kier alpha value is -2.36. The van der Waals surface area contributed by atoms with E-state index in [0.29, 0.717) is 23.8 Å². The van der Waals surface area contributed by atoms with Gasteiger partial charge < -0.3 is 30.0 Å². The number of phenols is 1. The van der Waals surface area contributed by atoms with Crippen LogP contribution in [0.1, 0.15) is 24.1 Å². The zero-order valence-corrected chi connectivity index (χ0v) is 19.1. The summed E-state index contributed by atoms with van der Waals surface area (Å²) >= 11 is 0. The Morgan fingerprint density at radius 3 is 2.29 bits per heavy atom. The topological polar surface area (TPSA) is 84.3 Å². The van der Waals surface area contributed by atoms with Crippen molar-refractivity contribution in [1.29, 1.82) is 0 Å². The van der Waals surface area contributed by atoms with Crippen LogP contribution in [0.25, 0.3) is 0 Å². The molecule has 2 aromatic rings. The number of phenolic OH excluding ortho intramolecular Hbond substituents is 1. The van der Waals surface area contributed by atoms with E-state index in [-0.39, 0.29) is 35.8 Å². The molecule has 2 aromatic carbocycles. The largest absolute Gasteiger partial charge is 0.508 e. The van der Waals surface area contributed by atoms with Crippen molar-refractivity contribution in [3.05, 3.63) is 47.5 Å². The summed E-state index contributed by atoms with van der Waals surface area (Å²) in [7, 11) is 6.55. The highest BCUT2D eigenvalue weighted by molar-refractivity contribution is 14.0. The Balaban J connectivity index is 0.00000392. The van der Waals surface area contributed by atoms with Crippen molar-refractivity contribution in [3.63, 3.8) is 0 Å². The molecule has 3 N–H and O–H groups in total. The Morgan fingerprint density at radius 1 is 1.04 bits per heavy atom. The number of nitrogens with one attached hydrogen (secondary N) is 2. The van der Waals surface area contributed by atoms with Crippen LogP contribution in [0.15, 0.2) is 41.4 Å². The average molecular weight is 501 g/mol. The van der Waals surface area contributed by atoms with Gasteiger partial charge in [0.2, 0.25) is 0 Å². The van der Waals surface area contributed by atoms with Gasteiger partial charge in [-0.25, -0.2) is 0 Å². The molecule has 0 aliphatic heterocycles. The summed E-state index contributed by atoms with van der Waals surface area (Å²) in [6, 6.07) is 10.7. The second-order valence-corrected chi connectivity index (χ2v) is 5.89. The van der Waals surface area contributed by atoms with Gasteiger partial charge in [0.25, 0.3) is 0 Å². The zero-order chi connectivity index (χ0) is 19.8. The van der Waals surface area contributed by atoms with E-state index in [2.05, 4.69) is 15.6 Å². The summed E-state index contributed by atoms with van der Waals surface area (Å²) in [6.07, 6.45) is 0. The highest BCUT2D eigenvalue weighted by Crippen LogP contribution is 2.29. The highest BCUT2D eigenvalue weighted by atomic mass is 127. The molecule has 2 rings (SSSR count). The molecule has 1 atom stereocenters. The van der Waals surface area contributed by atoms with Crippen LogP contribution in [-0.2, 0) is 6.54 Å². The summed E-state index contributed by atoms with van der Waals surface area (Å²) in [5.74, 6) is 2.98. The number of methoxy groups -OCH3 is 3. The van der Waals surface area contributed by atoms with Gasteiger partial charge in [-0.1, -0.05) is 0 Å². The van der Waals surface area contributed by atoms with E-state index >= 15 is 0 Å². The minimum atomic E-state index is -0.0832. The molecule has 28 heavy (non-hydrogen) atoms. The number of guanidine groups is 1. The fourth-order valence-electron chi connectivity index (χ4n) is 2.66. The number of hydrogen-bond donors (Lipinski definition) is 3. The molecule has 1 unspecified atom stereocenters. The van der Waals surface area contributed by atoms with Gasteiger partial charge in [0.05, 0.1) is 27.4 Å². The number of aromatic hydroxyl groups is 1. The van der Waals surface area contributed by atoms with Gasteiger partial charge in [-0.05, 0) is 43.3 Å². The molecular formula is C20H28IN3O4. The van der Waals surface area contributed by atoms with E-state index in [4.69, 9.17) is 14.2 Å². The third-order valence-electron chi connectivity index (χ3n) is 4.21. The number of halogens is 1. The Morgan fingerprint density at radius 2 is 1.68 bits per heavy atom. The lowest BCUT2D eigenvalue weighted by Gasteiger charge is -2.21. The predicted molar refractivity (Wildman–Crippen MR) is 121 cm³/mol. The Bertz CT molecular complexity index is 799. The normalized spacial score (nSPS) is 11.8. The Kier molecular flexibility index (Phi) is 9.70. The van der Waals surface area contributed by atoms with Gasteiger partial charge in [0, 0.05) is 24.7 Å². The monoisotopic (exact) mass is 501 g/mol. The van der Waals surface area contributed by atoms with Crippen LogP contribution in [0, 0.1) is 0 Å². The molecule has 0 spiro atoms. The minimum absolute atomic E-state index is 0. The number of benzene rings is 2. The van der Waals surface area contributed by atoms with E-state index in [9.17, 15) is 5.11 Å². The van der Waals surface area contributed by atoms with E-state index in [1.807, 2.05) is 25.1 Å². The first-order chi connectivity index (χ1) is 13.0. The van der Waals surface area contributed by atoms with Crippen LogP contribution in [0.3, 0.4) is 0 Å². The maximum absolute atomic E-state index is 10.0. The lowest BCUT2D eigenvalue weighted by molar-refractivity contribution is 0.394. The number of ether oxygens (including phenoxy) is 3. The summed E-state index contributed by atoms with van der Waals surface area (Å²) in [5, 5.41) is 16.5. The lowest BCUT2D eigenvalue weighted by atomic mass is 10.1. The molecule has 8 heteroatoms. The molecule has 0 saturated heterocycles. The van der Waals surface area contributed by atoms with Crippen LogP contribution in [0.4, 0.5) is 0 Å². The van der Waals surface area contributed by atoms with Crippen molar-refractivity contribution < 1.29 is 19.3 Å². The van der Waals surface area contributed by atoms with Gasteiger partial charge in [0.15, 0.2) is 5.96 Å². The summed E-state index contributed by atoms with van der Waals surface area (Å²) in [5.41, 5.74) is 1.66. The summed E-state index contributed by atoms with van der Waals surface area (Å²) < 4.78 is 16.0. The fourth-order valence-corrected chi connectivity index (χ4v) is 2.66. The molecular weight excluding hydrogens is 473 g/mol. The van der Waals surface area contributed by atoms with Gasteiger partial charge in [-0.2, -0.15) is 0 Å². The summed E-state index contributed by atoms with van der Waals surface area (Å²) in [4.78, 5) is 4.25. The molecule has 0 aromatic heterocycles. The van der Waals surface area contributed by atoms with E-state index < -0.39 is 0 Å². The van der Waals surface area contributed by atoms with Gasteiger partial charge in [0.1, 0.15) is 23.0 Å². The van der Waals surface area contributed by atoms with Crippen molar-refractivity contribution in [3.8, 4) is 23.0 Å². The molecule has 7 nitrogen and oxygen atoms in total. The maximum Gasteiger partial charge on any atom is 0.191 e. The van der Waals surface area contributed by atoms with Gasteiger partial charge >= 0.3 is 0 Å².